The molecule has 1 N–H and O–H groups in total. The van der Waals surface area contributed by atoms with Gasteiger partial charge in [-0.15, -0.1) is 0 Å². The third-order valence-corrected chi connectivity index (χ3v) is 2.84. The number of ether oxygens (including phenoxy) is 2. The lowest BCUT2D eigenvalue weighted by atomic mass is 10.0. The highest BCUT2D eigenvalue weighted by Gasteiger charge is 2.43. The van der Waals surface area contributed by atoms with Gasteiger partial charge in [0.1, 0.15) is 5.75 Å². The minimum absolute atomic E-state index is 0.509. The summed E-state index contributed by atoms with van der Waals surface area (Å²) in [6.07, 6.45) is 1.69. The van der Waals surface area contributed by atoms with E-state index < -0.39 is 5.60 Å². The van der Waals surface area contributed by atoms with Gasteiger partial charge < -0.3 is 14.6 Å². The molecule has 82 valence electrons. The molecule has 0 heterocycles. The molecule has 3 nitrogen and oxygen atoms in total. The van der Waals surface area contributed by atoms with E-state index in [1.807, 2.05) is 18.2 Å². The first kappa shape index (κ1) is 10.5. The smallest absolute Gasteiger partial charge is 0.119 e. The zero-order chi connectivity index (χ0) is 10.9. The average Bonchev–Trinajstić information content (AvgIpc) is 2.98. The molecule has 0 atom stereocenters. The lowest BCUT2D eigenvalue weighted by Gasteiger charge is -2.15. The van der Waals surface area contributed by atoms with Crippen LogP contribution in [0.1, 0.15) is 24.0 Å². The Balaban J connectivity index is 2.35. The van der Waals surface area contributed by atoms with E-state index >= 15 is 0 Å². The molecule has 3 heteroatoms. The molecule has 1 aliphatic rings. The topological polar surface area (TPSA) is 38.7 Å². The van der Waals surface area contributed by atoms with Gasteiger partial charge in [0.05, 0.1) is 19.3 Å². The monoisotopic (exact) mass is 208 g/mol. The molecule has 1 fully saturated rings. The Morgan fingerprint density at radius 3 is 2.60 bits per heavy atom. The number of hydrogen-bond donors (Lipinski definition) is 1. The van der Waals surface area contributed by atoms with E-state index in [-0.39, 0.29) is 0 Å². The number of aliphatic hydroxyl groups is 1. The minimum Gasteiger partial charge on any atom is -0.497 e. The molecule has 0 bridgehead atoms. The van der Waals surface area contributed by atoms with E-state index in [2.05, 4.69) is 0 Å². The van der Waals surface area contributed by atoms with Crippen molar-refractivity contribution >= 4 is 0 Å². The summed E-state index contributed by atoms with van der Waals surface area (Å²) >= 11 is 0. The van der Waals surface area contributed by atoms with E-state index in [0.29, 0.717) is 6.61 Å². The van der Waals surface area contributed by atoms with Crippen LogP contribution in [0.4, 0.5) is 0 Å². The van der Waals surface area contributed by atoms with Gasteiger partial charge in [-0.1, -0.05) is 6.07 Å². The van der Waals surface area contributed by atoms with Gasteiger partial charge >= 0.3 is 0 Å². The summed E-state index contributed by atoms with van der Waals surface area (Å²) < 4.78 is 10.3. The summed E-state index contributed by atoms with van der Waals surface area (Å²) in [5.41, 5.74) is 1.38. The highest BCUT2D eigenvalue weighted by molar-refractivity contribution is 5.41. The maximum Gasteiger partial charge on any atom is 0.119 e. The van der Waals surface area contributed by atoms with E-state index in [1.165, 1.54) is 0 Å². The van der Waals surface area contributed by atoms with Crippen molar-refractivity contribution in [1.29, 1.82) is 0 Å². The van der Waals surface area contributed by atoms with Crippen molar-refractivity contribution in [3.05, 3.63) is 29.3 Å². The van der Waals surface area contributed by atoms with Gasteiger partial charge in [-0.2, -0.15) is 0 Å². The zero-order valence-electron chi connectivity index (χ0n) is 9.12. The van der Waals surface area contributed by atoms with Crippen LogP contribution in [-0.2, 0) is 16.9 Å². The molecular weight excluding hydrogens is 192 g/mol. The third-order valence-electron chi connectivity index (χ3n) is 2.84. The summed E-state index contributed by atoms with van der Waals surface area (Å²) in [6, 6.07) is 5.74. The predicted molar refractivity (Wildman–Crippen MR) is 56.8 cm³/mol. The van der Waals surface area contributed by atoms with Gasteiger partial charge in [0.2, 0.25) is 0 Å². The molecule has 0 radical (unpaired) electrons. The summed E-state index contributed by atoms with van der Waals surface area (Å²) in [7, 11) is 3.29. The van der Waals surface area contributed by atoms with Crippen LogP contribution in [-0.4, -0.2) is 19.3 Å². The van der Waals surface area contributed by atoms with Crippen LogP contribution in [0.2, 0.25) is 0 Å². The van der Waals surface area contributed by atoms with Crippen molar-refractivity contribution in [3.63, 3.8) is 0 Å². The summed E-state index contributed by atoms with van der Waals surface area (Å²) in [4.78, 5) is 0. The van der Waals surface area contributed by atoms with Crippen molar-refractivity contribution < 1.29 is 14.6 Å². The van der Waals surface area contributed by atoms with Crippen LogP contribution in [0.5, 0.6) is 5.75 Å². The van der Waals surface area contributed by atoms with Gasteiger partial charge in [-0.25, -0.2) is 0 Å². The quantitative estimate of drug-likeness (QED) is 0.820. The Kier molecular flexibility index (Phi) is 2.67. The number of methoxy groups -OCH3 is 2. The lowest BCUT2D eigenvalue weighted by Crippen LogP contribution is -2.09. The van der Waals surface area contributed by atoms with Crippen LogP contribution in [0.15, 0.2) is 18.2 Å². The lowest BCUT2D eigenvalue weighted by molar-refractivity contribution is 0.141. The molecule has 1 aliphatic carbocycles. The molecule has 0 aromatic heterocycles. The summed E-state index contributed by atoms with van der Waals surface area (Å²) in [5.74, 6) is 0.801. The van der Waals surface area contributed by atoms with Crippen LogP contribution < -0.4 is 4.74 Å². The number of benzene rings is 1. The fourth-order valence-corrected chi connectivity index (χ4v) is 1.81. The Morgan fingerprint density at radius 1 is 1.33 bits per heavy atom. The molecule has 0 saturated heterocycles. The number of hydrogen-bond acceptors (Lipinski definition) is 3. The third kappa shape index (κ3) is 1.98. The first-order chi connectivity index (χ1) is 7.19. The van der Waals surface area contributed by atoms with Crippen molar-refractivity contribution in [2.75, 3.05) is 14.2 Å². The van der Waals surface area contributed by atoms with Crippen LogP contribution in [0.25, 0.3) is 0 Å². The molecule has 1 aromatic carbocycles. The normalized spacial score (nSPS) is 17.5. The highest BCUT2D eigenvalue weighted by Crippen LogP contribution is 2.47. The van der Waals surface area contributed by atoms with E-state index in [1.54, 1.807) is 14.2 Å². The van der Waals surface area contributed by atoms with Crippen molar-refractivity contribution in [1.82, 2.24) is 0 Å². The van der Waals surface area contributed by atoms with Gasteiger partial charge in [0, 0.05) is 7.11 Å². The second-order valence-electron chi connectivity index (χ2n) is 3.99. The highest BCUT2D eigenvalue weighted by atomic mass is 16.5. The largest absolute Gasteiger partial charge is 0.497 e. The predicted octanol–water partition coefficient (Wildman–Crippen LogP) is 1.82. The summed E-state index contributed by atoms with van der Waals surface area (Å²) in [6.45, 7) is 0.509. The molecule has 1 aromatic rings. The zero-order valence-corrected chi connectivity index (χ0v) is 9.12. The average molecular weight is 208 g/mol. The Bertz CT molecular complexity index is 356. The van der Waals surface area contributed by atoms with Crippen LogP contribution in [0.3, 0.4) is 0 Å². The Labute approximate surface area is 89.6 Å². The number of rotatable bonds is 4. The first-order valence-electron chi connectivity index (χ1n) is 5.08. The van der Waals surface area contributed by atoms with E-state index in [9.17, 15) is 5.11 Å². The minimum atomic E-state index is -0.611. The second-order valence-corrected chi connectivity index (χ2v) is 3.99. The van der Waals surface area contributed by atoms with E-state index in [4.69, 9.17) is 9.47 Å². The molecule has 0 aliphatic heterocycles. The standard InChI is InChI=1S/C12H16O3/c1-14-8-9-7-10(15-2)3-4-11(9)12(13)5-6-12/h3-4,7,13H,5-6,8H2,1-2H3. The molecule has 1 saturated carbocycles. The Hall–Kier alpha value is -1.06. The summed E-state index contributed by atoms with van der Waals surface area (Å²) in [5, 5.41) is 10.1. The second kappa shape index (κ2) is 3.83. The first-order valence-corrected chi connectivity index (χ1v) is 5.08. The fraction of sp³-hybridized carbons (Fsp3) is 0.500. The van der Waals surface area contributed by atoms with Gasteiger partial charge in [-0.3, -0.25) is 0 Å². The molecule has 15 heavy (non-hydrogen) atoms. The van der Waals surface area contributed by atoms with Gasteiger partial charge in [-0.05, 0) is 36.1 Å². The molecular formula is C12H16O3. The molecule has 0 amide bonds. The van der Waals surface area contributed by atoms with Crippen molar-refractivity contribution in [2.24, 2.45) is 0 Å². The maximum absolute atomic E-state index is 10.1. The maximum atomic E-state index is 10.1. The van der Waals surface area contributed by atoms with Gasteiger partial charge in [0.25, 0.3) is 0 Å². The molecule has 0 unspecified atom stereocenters. The van der Waals surface area contributed by atoms with Crippen molar-refractivity contribution in [3.8, 4) is 5.75 Å². The van der Waals surface area contributed by atoms with Crippen molar-refractivity contribution in [2.45, 2.75) is 25.0 Å². The molecule has 2 rings (SSSR count). The van der Waals surface area contributed by atoms with E-state index in [0.717, 1.165) is 29.7 Å². The van der Waals surface area contributed by atoms with Gasteiger partial charge in [0.15, 0.2) is 0 Å². The Morgan fingerprint density at radius 2 is 2.07 bits per heavy atom. The van der Waals surface area contributed by atoms with Crippen LogP contribution in [0, 0.1) is 0 Å². The van der Waals surface area contributed by atoms with Crippen LogP contribution >= 0.6 is 0 Å². The molecule has 0 spiro atoms. The fourth-order valence-electron chi connectivity index (χ4n) is 1.81. The SMILES string of the molecule is COCc1cc(OC)ccc1C1(O)CC1.